The van der Waals surface area contributed by atoms with Gasteiger partial charge in [0.15, 0.2) is 0 Å². The highest BCUT2D eigenvalue weighted by atomic mass is 16.2. The summed E-state index contributed by atoms with van der Waals surface area (Å²) in [7, 11) is 1.54. The predicted octanol–water partition coefficient (Wildman–Crippen LogP) is 2.23. The van der Waals surface area contributed by atoms with Gasteiger partial charge in [-0.2, -0.15) is 0 Å². The number of likely N-dealkylation sites (N-methyl/N-ethyl adjacent to an activating group) is 1. The Morgan fingerprint density at radius 3 is 2.47 bits per heavy atom. The third kappa shape index (κ3) is 6.41. The quantitative estimate of drug-likeness (QED) is 0.342. The number of hydrogen-bond donors (Lipinski definition) is 4. The van der Waals surface area contributed by atoms with Crippen molar-refractivity contribution in [2.24, 2.45) is 0 Å². The zero-order valence-corrected chi connectivity index (χ0v) is 20.8. The zero-order chi connectivity index (χ0) is 26.2. The van der Waals surface area contributed by atoms with Gasteiger partial charge in [-0.1, -0.05) is 55.3 Å². The molecule has 2 aromatic carbocycles. The molecular weight excluding hydrogens is 460 g/mol. The van der Waals surface area contributed by atoms with Crippen LogP contribution in [-0.2, 0) is 17.9 Å². The Balaban J connectivity index is 1.71. The monoisotopic (exact) mass is 492 g/mol. The van der Waals surface area contributed by atoms with Crippen molar-refractivity contribution in [3.8, 4) is 0 Å². The first-order valence-corrected chi connectivity index (χ1v) is 11.8. The highest BCUT2D eigenvalue weighted by Crippen LogP contribution is 2.18. The van der Waals surface area contributed by atoms with Gasteiger partial charge in [-0.05, 0) is 31.0 Å². The number of nitrogens with one attached hydrogen (secondary N) is 3. The Bertz CT molecular complexity index is 1340. The maximum atomic E-state index is 12.8. The Morgan fingerprint density at radius 1 is 1.08 bits per heavy atom. The fourth-order valence-corrected chi connectivity index (χ4v) is 3.74. The molecule has 10 nitrogen and oxygen atoms in total. The number of aromatic nitrogens is 2. The van der Waals surface area contributed by atoms with Gasteiger partial charge in [-0.25, -0.2) is 4.79 Å². The average Bonchev–Trinajstić information content (AvgIpc) is 2.83. The molecule has 0 spiro atoms. The fourth-order valence-electron chi connectivity index (χ4n) is 3.74. The molecule has 0 fully saturated rings. The first-order chi connectivity index (χ1) is 17.2. The van der Waals surface area contributed by atoms with E-state index in [1.165, 1.54) is 16.5 Å². The number of aromatic amines is 1. The highest BCUT2D eigenvalue weighted by Gasteiger charge is 2.19. The Kier molecular flexibility index (Phi) is 8.66. The summed E-state index contributed by atoms with van der Waals surface area (Å²) in [6, 6.07) is 14.5. The maximum Gasteiger partial charge on any atom is 0.330 e. The van der Waals surface area contributed by atoms with Crippen molar-refractivity contribution in [2.45, 2.75) is 39.8 Å². The number of H-pyrrole nitrogens is 1. The molecular formula is C26H32N6O4. The van der Waals surface area contributed by atoms with E-state index in [0.717, 1.165) is 17.5 Å². The van der Waals surface area contributed by atoms with Crippen molar-refractivity contribution < 1.29 is 9.59 Å². The second-order valence-corrected chi connectivity index (χ2v) is 8.62. The maximum absolute atomic E-state index is 12.8. The molecule has 0 unspecified atom stereocenters. The molecule has 0 aliphatic heterocycles. The van der Waals surface area contributed by atoms with Crippen LogP contribution in [0.5, 0.6) is 0 Å². The number of nitrogens with zero attached hydrogens (tertiary/aromatic N) is 2. The number of hydrogen-bond acceptors (Lipinski definition) is 6. The van der Waals surface area contributed by atoms with E-state index < -0.39 is 17.2 Å². The van der Waals surface area contributed by atoms with E-state index in [0.29, 0.717) is 30.8 Å². The van der Waals surface area contributed by atoms with Gasteiger partial charge in [0.05, 0.1) is 17.8 Å². The van der Waals surface area contributed by atoms with E-state index in [4.69, 9.17) is 5.73 Å². The van der Waals surface area contributed by atoms with Crippen LogP contribution < -0.4 is 32.5 Å². The lowest BCUT2D eigenvalue weighted by molar-refractivity contribution is -0.114. The van der Waals surface area contributed by atoms with Gasteiger partial charge in [0.2, 0.25) is 5.91 Å². The summed E-state index contributed by atoms with van der Waals surface area (Å²) in [5, 5.41) is 5.60. The summed E-state index contributed by atoms with van der Waals surface area (Å²) in [6.45, 7) is 4.45. The van der Waals surface area contributed by atoms with Crippen LogP contribution in [0.15, 0.2) is 58.1 Å². The number of unbranched alkanes of at least 4 members (excludes halogenated alkanes) is 1. The van der Waals surface area contributed by atoms with Crippen molar-refractivity contribution in [1.82, 2.24) is 14.9 Å². The summed E-state index contributed by atoms with van der Waals surface area (Å²) in [6.07, 6.45) is 1.55. The minimum absolute atomic E-state index is 0.00313. The Labute approximate surface area is 209 Å². The van der Waals surface area contributed by atoms with E-state index in [2.05, 4.69) is 15.6 Å². The Hall–Kier alpha value is -4.34. The van der Waals surface area contributed by atoms with Crippen LogP contribution in [-0.4, -0.2) is 35.0 Å². The molecule has 0 atom stereocenters. The normalized spacial score (nSPS) is 10.6. The zero-order valence-electron chi connectivity index (χ0n) is 20.8. The third-order valence-corrected chi connectivity index (χ3v) is 5.73. The number of nitrogens with two attached hydrogens (primary N) is 1. The summed E-state index contributed by atoms with van der Waals surface area (Å²) < 4.78 is 1.29. The first kappa shape index (κ1) is 26.3. The molecule has 0 saturated carbocycles. The molecule has 0 aliphatic rings. The van der Waals surface area contributed by atoms with Crippen LogP contribution >= 0.6 is 0 Å². The molecule has 3 rings (SSSR count). The number of aryl methyl sites for hydroxylation is 1. The number of anilines is 3. The van der Waals surface area contributed by atoms with Gasteiger partial charge in [-0.15, -0.1) is 0 Å². The number of carbonyl (C=O) groups excluding carboxylic acids is 2. The van der Waals surface area contributed by atoms with E-state index in [1.54, 1.807) is 24.3 Å². The van der Waals surface area contributed by atoms with Crippen molar-refractivity contribution in [1.29, 1.82) is 0 Å². The van der Waals surface area contributed by atoms with Crippen LogP contribution in [0.4, 0.5) is 17.2 Å². The lowest BCUT2D eigenvalue weighted by Gasteiger charge is -2.21. The van der Waals surface area contributed by atoms with E-state index in [1.807, 2.05) is 38.1 Å². The summed E-state index contributed by atoms with van der Waals surface area (Å²) in [5.41, 5.74) is 7.64. The minimum Gasteiger partial charge on any atom is -0.383 e. The molecule has 0 saturated heterocycles. The first-order valence-electron chi connectivity index (χ1n) is 11.8. The van der Waals surface area contributed by atoms with Crippen LogP contribution in [0, 0.1) is 6.92 Å². The van der Waals surface area contributed by atoms with Crippen molar-refractivity contribution in [2.75, 3.05) is 29.5 Å². The second kappa shape index (κ2) is 11.9. The third-order valence-electron chi connectivity index (χ3n) is 5.73. The molecule has 1 heterocycles. The molecule has 1 aromatic heterocycles. The van der Waals surface area contributed by atoms with Gasteiger partial charge in [0.1, 0.15) is 11.5 Å². The van der Waals surface area contributed by atoms with Crippen molar-refractivity contribution >= 4 is 29.0 Å². The highest BCUT2D eigenvalue weighted by molar-refractivity contribution is 6.04. The number of para-hydroxylation sites is 1. The minimum atomic E-state index is -0.670. The van der Waals surface area contributed by atoms with Gasteiger partial charge < -0.3 is 21.3 Å². The lowest BCUT2D eigenvalue weighted by atomic mass is 10.1. The van der Waals surface area contributed by atoms with Crippen LogP contribution in [0.25, 0.3) is 0 Å². The summed E-state index contributed by atoms with van der Waals surface area (Å²) in [4.78, 5) is 53.9. The summed E-state index contributed by atoms with van der Waals surface area (Å²) in [5.74, 6) is -0.784. The molecule has 2 amide bonds. The number of benzene rings is 2. The van der Waals surface area contributed by atoms with Gasteiger partial charge in [0.25, 0.3) is 11.5 Å². The van der Waals surface area contributed by atoms with Crippen LogP contribution in [0.1, 0.15) is 41.3 Å². The van der Waals surface area contributed by atoms with E-state index in [9.17, 15) is 19.2 Å². The SMILES string of the molecule is CCCCn1c(N)c(N(C)CC(=O)Nc2ccccc2C(=O)NCc2ccc(C)cc2)c(=O)[nH]c1=O. The van der Waals surface area contributed by atoms with Crippen LogP contribution in [0.3, 0.4) is 0 Å². The number of carbonyl (C=O) groups is 2. The van der Waals surface area contributed by atoms with Gasteiger partial charge in [0, 0.05) is 20.1 Å². The standard InChI is InChI=1S/C26H32N6O4/c1-4-5-14-32-23(27)22(25(35)30-26(32)36)31(3)16-21(33)29-20-9-7-6-8-19(20)24(34)28-15-18-12-10-17(2)11-13-18/h6-13H,4-5,14-16,27H2,1-3H3,(H,28,34)(H,29,33)(H,30,35,36). The smallest absolute Gasteiger partial charge is 0.330 e. The van der Waals surface area contributed by atoms with Crippen LogP contribution in [0.2, 0.25) is 0 Å². The van der Waals surface area contributed by atoms with E-state index in [-0.39, 0.29) is 24.0 Å². The number of amides is 2. The second-order valence-electron chi connectivity index (χ2n) is 8.62. The summed E-state index contributed by atoms with van der Waals surface area (Å²) >= 11 is 0. The average molecular weight is 493 g/mol. The molecule has 0 radical (unpaired) electrons. The molecule has 10 heteroatoms. The number of nitrogen functional groups attached to an aromatic ring is 1. The molecule has 190 valence electrons. The Morgan fingerprint density at radius 2 is 1.78 bits per heavy atom. The van der Waals surface area contributed by atoms with Crippen molar-refractivity contribution in [3.63, 3.8) is 0 Å². The van der Waals surface area contributed by atoms with Crippen molar-refractivity contribution in [3.05, 3.63) is 86.1 Å². The molecule has 3 aromatic rings. The largest absolute Gasteiger partial charge is 0.383 e. The molecule has 5 N–H and O–H groups in total. The predicted molar refractivity (Wildman–Crippen MR) is 141 cm³/mol. The van der Waals surface area contributed by atoms with Gasteiger partial charge in [-0.3, -0.25) is 23.9 Å². The van der Waals surface area contributed by atoms with E-state index >= 15 is 0 Å². The molecule has 0 bridgehead atoms. The molecule has 0 aliphatic carbocycles. The molecule has 36 heavy (non-hydrogen) atoms. The lowest BCUT2D eigenvalue weighted by Crippen LogP contribution is -2.39. The van der Waals surface area contributed by atoms with Gasteiger partial charge >= 0.3 is 5.69 Å². The fraction of sp³-hybridized carbons (Fsp3) is 0.308. The number of rotatable bonds is 10. The topological polar surface area (TPSA) is 142 Å².